The summed E-state index contributed by atoms with van der Waals surface area (Å²) in [6.07, 6.45) is 0.389. The van der Waals surface area contributed by atoms with Crippen LogP contribution in [0.1, 0.15) is 47.7 Å². The molecule has 4 rings (SSSR count). The molecule has 2 aromatic carbocycles. The molecule has 1 aliphatic heterocycles. The van der Waals surface area contributed by atoms with E-state index in [0.717, 1.165) is 62.2 Å². The van der Waals surface area contributed by atoms with Crippen molar-refractivity contribution in [1.29, 1.82) is 0 Å². The van der Waals surface area contributed by atoms with Crippen molar-refractivity contribution in [3.8, 4) is 5.88 Å². The van der Waals surface area contributed by atoms with Gasteiger partial charge in [0.05, 0.1) is 22.2 Å². The largest absolute Gasteiger partial charge is 0.472 e. The van der Waals surface area contributed by atoms with Gasteiger partial charge >= 0.3 is 6.18 Å². The molecular formula is C28H31ClF3N5O2S. The molecule has 1 saturated heterocycles. The van der Waals surface area contributed by atoms with E-state index in [1.54, 1.807) is 24.4 Å². The van der Waals surface area contributed by atoms with Gasteiger partial charge in [0.1, 0.15) is 6.61 Å². The highest BCUT2D eigenvalue weighted by Gasteiger charge is 2.35. The number of rotatable bonds is 11. The zero-order valence-electron chi connectivity index (χ0n) is 22.1. The van der Waals surface area contributed by atoms with Gasteiger partial charge in [-0.3, -0.25) is 9.69 Å². The lowest BCUT2D eigenvalue weighted by atomic mass is 10.1. The van der Waals surface area contributed by atoms with E-state index in [1.807, 2.05) is 6.07 Å². The van der Waals surface area contributed by atoms with E-state index in [2.05, 4.69) is 26.7 Å². The number of amides is 1. The van der Waals surface area contributed by atoms with Crippen LogP contribution in [0.3, 0.4) is 0 Å². The first-order chi connectivity index (χ1) is 19.1. The van der Waals surface area contributed by atoms with Crippen LogP contribution >= 0.6 is 23.4 Å². The second kappa shape index (κ2) is 13.6. The lowest BCUT2D eigenvalue weighted by Crippen LogP contribution is -2.47. The Labute approximate surface area is 240 Å². The van der Waals surface area contributed by atoms with Crippen LogP contribution in [0.2, 0.25) is 5.02 Å². The maximum absolute atomic E-state index is 13.6. The minimum absolute atomic E-state index is 0.157. The number of unbranched alkanes of at least 4 members (excludes halogenated alkanes) is 2. The van der Waals surface area contributed by atoms with Crippen molar-refractivity contribution in [1.82, 2.24) is 14.9 Å². The van der Waals surface area contributed by atoms with E-state index in [0.29, 0.717) is 15.9 Å². The fourth-order valence-corrected chi connectivity index (χ4v) is 5.45. The summed E-state index contributed by atoms with van der Waals surface area (Å²) in [4.78, 5) is 26.0. The minimum Gasteiger partial charge on any atom is -0.472 e. The van der Waals surface area contributed by atoms with Crippen molar-refractivity contribution < 1.29 is 22.7 Å². The molecule has 2 N–H and O–H groups in total. The van der Waals surface area contributed by atoms with Gasteiger partial charge in [-0.05, 0) is 48.9 Å². The summed E-state index contributed by atoms with van der Waals surface area (Å²) in [5, 5.41) is 0.560. The van der Waals surface area contributed by atoms with Crippen LogP contribution in [0.4, 0.5) is 19.1 Å². The lowest BCUT2D eigenvalue weighted by Gasteiger charge is -2.34. The summed E-state index contributed by atoms with van der Waals surface area (Å²) >= 11 is 7.12. The fourth-order valence-electron chi connectivity index (χ4n) is 4.37. The molecule has 12 heteroatoms. The van der Waals surface area contributed by atoms with Gasteiger partial charge in [-0.15, -0.1) is 0 Å². The van der Waals surface area contributed by atoms with Crippen molar-refractivity contribution in [2.45, 2.75) is 48.8 Å². The Kier molecular flexibility index (Phi) is 10.2. The first kappa shape index (κ1) is 30.0. The van der Waals surface area contributed by atoms with Crippen LogP contribution in [-0.4, -0.2) is 53.5 Å². The van der Waals surface area contributed by atoms with Gasteiger partial charge in [0, 0.05) is 36.1 Å². The number of carbonyl (C=O) groups is 1. The first-order valence-electron chi connectivity index (χ1n) is 13.0. The zero-order chi connectivity index (χ0) is 28.7. The summed E-state index contributed by atoms with van der Waals surface area (Å²) in [5.74, 6) is -0.404. The molecule has 0 bridgehead atoms. The molecule has 0 saturated carbocycles. The topological polar surface area (TPSA) is 84.6 Å². The average molecular weight is 594 g/mol. The van der Waals surface area contributed by atoms with Gasteiger partial charge in [-0.1, -0.05) is 55.3 Å². The van der Waals surface area contributed by atoms with Crippen molar-refractivity contribution in [2.75, 3.05) is 37.6 Å². The number of anilines is 1. The SMILES string of the molecule is CCCCCN1CCN(c2ncc(Sc3ccc(C(N)=O)c(C(F)(F)F)c3)c(OCc3cccc(Cl)c3)n2)CC1. The number of ether oxygens (including phenoxy) is 1. The van der Waals surface area contributed by atoms with Crippen LogP contribution in [0, 0.1) is 0 Å². The molecule has 2 heterocycles. The van der Waals surface area contributed by atoms with Crippen molar-refractivity contribution in [3.63, 3.8) is 0 Å². The summed E-state index contributed by atoms with van der Waals surface area (Å²) in [7, 11) is 0. The Morgan fingerprint density at radius 1 is 1.12 bits per heavy atom. The number of halogens is 4. The quantitative estimate of drug-likeness (QED) is 0.262. The number of primary amides is 1. The third kappa shape index (κ3) is 8.02. The summed E-state index contributed by atoms with van der Waals surface area (Å²) in [6.45, 7) is 6.73. The molecule has 1 aliphatic rings. The van der Waals surface area contributed by atoms with Gasteiger partial charge in [0.25, 0.3) is 0 Å². The van der Waals surface area contributed by atoms with Gasteiger partial charge in [0.15, 0.2) is 0 Å². The third-order valence-electron chi connectivity index (χ3n) is 6.50. The van der Waals surface area contributed by atoms with E-state index in [-0.39, 0.29) is 17.4 Å². The predicted octanol–water partition coefficient (Wildman–Crippen LogP) is 6.29. The van der Waals surface area contributed by atoms with Crippen LogP contribution < -0.4 is 15.4 Å². The maximum Gasteiger partial charge on any atom is 0.417 e. The second-order valence-corrected chi connectivity index (χ2v) is 11.0. The van der Waals surface area contributed by atoms with Gasteiger partial charge in [-0.25, -0.2) is 4.98 Å². The number of benzene rings is 2. The Morgan fingerprint density at radius 3 is 2.58 bits per heavy atom. The molecule has 1 aromatic heterocycles. The number of nitrogens with zero attached hydrogens (tertiary/aromatic N) is 4. The number of piperazine rings is 1. The van der Waals surface area contributed by atoms with E-state index in [1.165, 1.54) is 25.3 Å². The van der Waals surface area contributed by atoms with Crippen molar-refractivity contribution in [2.24, 2.45) is 5.73 Å². The fraction of sp³-hybridized carbons (Fsp3) is 0.393. The highest BCUT2D eigenvalue weighted by Crippen LogP contribution is 2.39. The molecule has 1 amide bonds. The summed E-state index contributed by atoms with van der Waals surface area (Å²) in [5.41, 5.74) is 4.30. The van der Waals surface area contributed by atoms with Crippen LogP contribution in [0.5, 0.6) is 5.88 Å². The number of nitrogens with two attached hydrogens (primary N) is 1. The van der Waals surface area contributed by atoms with Gasteiger partial charge < -0.3 is 15.4 Å². The monoisotopic (exact) mass is 593 g/mol. The molecule has 0 aliphatic carbocycles. The third-order valence-corrected chi connectivity index (χ3v) is 7.72. The van der Waals surface area contributed by atoms with Crippen LogP contribution in [0.15, 0.2) is 58.5 Å². The zero-order valence-corrected chi connectivity index (χ0v) is 23.7. The molecule has 0 unspecified atom stereocenters. The Hall–Kier alpha value is -3.02. The van der Waals surface area contributed by atoms with Crippen LogP contribution in [0.25, 0.3) is 0 Å². The predicted molar refractivity (Wildman–Crippen MR) is 150 cm³/mol. The normalized spacial score (nSPS) is 14.4. The first-order valence-corrected chi connectivity index (χ1v) is 14.2. The number of aromatic nitrogens is 2. The second-order valence-electron chi connectivity index (χ2n) is 9.47. The van der Waals surface area contributed by atoms with Gasteiger partial charge in [0.2, 0.25) is 17.7 Å². The van der Waals surface area contributed by atoms with Crippen molar-refractivity contribution >= 4 is 35.2 Å². The van der Waals surface area contributed by atoms with E-state index in [9.17, 15) is 18.0 Å². The number of alkyl halides is 3. The number of carbonyl (C=O) groups excluding carboxylic acids is 1. The molecule has 3 aromatic rings. The summed E-state index contributed by atoms with van der Waals surface area (Å²) < 4.78 is 47.0. The van der Waals surface area contributed by atoms with Crippen molar-refractivity contribution in [3.05, 3.63) is 70.4 Å². The summed E-state index contributed by atoms with van der Waals surface area (Å²) in [6, 6.07) is 10.6. The molecule has 40 heavy (non-hydrogen) atoms. The molecule has 7 nitrogen and oxygen atoms in total. The highest BCUT2D eigenvalue weighted by molar-refractivity contribution is 7.99. The van der Waals surface area contributed by atoms with E-state index in [4.69, 9.17) is 22.1 Å². The maximum atomic E-state index is 13.6. The van der Waals surface area contributed by atoms with E-state index >= 15 is 0 Å². The Bertz CT molecular complexity index is 1320. The van der Waals surface area contributed by atoms with Gasteiger partial charge in [-0.2, -0.15) is 18.2 Å². The minimum atomic E-state index is -4.74. The lowest BCUT2D eigenvalue weighted by molar-refractivity contribution is -0.138. The molecule has 214 valence electrons. The molecule has 0 radical (unpaired) electrons. The molecule has 1 fully saturated rings. The highest BCUT2D eigenvalue weighted by atomic mass is 35.5. The van der Waals surface area contributed by atoms with Crippen LogP contribution in [-0.2, 0) is 12.8 Å². The average Bonchev–Trinajstić information content (AvgIpc) is 2.92. The Balaban J connectivity index is 1.57. The number of hydrogen-bond donors (Lipinski definition) is 1. The molecule has 0 atom stereocenters. The Morgan fingerprint density at radius 2 is 1.90 bits per heavy atom. The standard InChI is InChI=1S/C28H31ClF3N5O2S/c1-2-3-4-10-36-11-13-37(14-12-36)27-34-17-24(26(35-27)39-18-19-6-5-7-20(29)15-19)40-21-8-9-22(25(33)38)23(16-21)28(30,31)32/h5-9,15-17H,2-4,10-14,18H2,1H3,(H2,33,38). The smallest absolute Gasteiger partial charge is 0.417 e. The number of hydrogen-bond acceptors (Lipinski definition) is 7. The molecular weight excluding hydrogens is 563 g/mol. The molecule has 0 spiro atoms. The van der Waals surface area contributed by atoms with E-state index < -0.39 is 23.2 Å².